The predicted octanol–water partition coefficient (Wildman–Crippen LogP) is -0.357. The predicted molar refractivity (Wildman–Crippen MR) is 144 cm³/mol. The summed E-state index contributed by atoms with van der Waals surface area (Å²) in [6.45, 7) is 2.83. The minimum Gasteiger partial charge on any atom is -0.508 e. The van der Waals surface area contributed by atoms with Crippen LogP contribution in [0.25, 0.3) is 22.3 Å². The van der Waals surface area contributed by atoms with E-state index in [1.807, 2.05) is 0 Å². The minimum absolute atomic E-state index is 0.00513. The van der Waals surface area contributed by atoms with Gasteiger partial charge < -0.3 is 69.0 Å². The van der Waals surface area contributed by atoms with Crippen LogP contribution in [0, 0.1) is 0 Å². The molecule has 0 amide bonds. The average Bonchev–Trinajstić information content (AvgIpc) is 2.96. The van der Waals surface area contributed by atoms with Crippen molar-refractivity contribution in [1.29, 1.82) is 0 Å². The molecular formula is C28H32O15. The quantitative estimate of drug-likeness (QED) is 0.178. The van der Waals surface area contributed by atoms with Crippen LogP contribution >= 0.6 is 0 Å². The fraction of sp³-hybridized carbons (Fsp3) is 0.464. The Morgan fingerprint density at radius 1 is 0.767 bits per heavy atom. The molecule has 2 aromatic carbocycles. The summed E-state index contributed by atoms with van der Waals surface area (Å²) in [4.78, 5) is 13.8. The van der Waals surface area contributed by atoms with Crippen LogP contribution in [-0.4, -0.2) is 109 Å². The van der Waals surface area contributed by atoms with Crippen LogP contribution in [-0.2, 0) is 14.2 Å². The zero-order valence-electron chi connectivity index (χ0n) is 23.1. The number of aromatic hydroxyl groups is 3. The molecule has 0 saturated carbocycles. The Labute approximate surface area is 243 Å². The number of hydrogen-bond acceptors (Lipinski definition) is 15. The highest BCUT2D eigenvalue weighted by Gasteiger charge is 2.50. The van der Waals surface area contributed by atoms with Gasteiger partial charge in [0.05, 0.1) is 19.3 Å². The third kappa shape index (κ3) is 5.57. The number of methoxy groups -OCH3 is 1. The number of fused-ring (bicyclic) bond motifs is 1. The molecule has 2 aliphatic heterocycles. The van der Waals surface area contributed by atoms with Crippen LogP contribution in [0.4, 0.5) is 0 Å². The van der Waals surface area contributed by atoms with Gasteiger partial charge in [-0.05, 0) is 32.0 Å². The molecule has 8 N–H and O–H groups in total. The van der Waals surface area contributed by atoms with Gasteiger partial charge in [-0.3, -0.25) is 4.79 Å². The number of benzene rings is 2. The molecule has 3 heterocycles. The van der Waals surface area contributed by atoms with Gasteiger partial charge in [0, 0.05) is 17.7 Å². The molecule has 2 aliphatic rings. The lowest BCUT2D eigenvalue weighted by Gasteiger charge is -2.45. The van der Waals surface area contributed by atoms with Gasteiger partial charge in [0.2, 0.25) is 17.5 Å². The molecule has 5 rings (SSSR count). The van der Waals surface area contributed by atoms with Crippen molar-refractivity contribution >= 4 is 11.0 Å². The number of ether oxygens (including phenoxy) is 5. The second kappa shape index (κ2) is 11.8. The fourth-order valence-electron chi connectivity index (χ4n) is 5.02. The van der Waals surface area contributed by atoms with Crippen molar-refractivity contribution in [1.82, 2.24) is 0 Å². The molecule has 0 spiro atoms. The molecule has 15 heteroatoms. The lowest BCUT2D eigenvalue weighted by Crippen LogP contribution is -2.63. The van der Waals surface area contributed by atoms with E-state index in [9.17, 15) is 45.6 Å². The monoisotopic (exact) mass is 608 g/mol. The van der Waals surface area contributed by atoms with Crippen molar-refractivity contribution in [3.8, 4) is 40.1 Å². The average molecular weight is 609 g/mol. The van der Waals surface area contributed by atoms with E-state index in [0.717, 1.165) is 12.1 Å². The van der Waals surface area contributed by atoms with Gasteiger partial charge in [-0.1, -0.05) is 0 Å². The van der Waals surface area contributed by atoms with E-state index < -0.39 is 84.1 Å². The molecule has 10 atom stereocenters. The summed E-state index contributed by atoms with van der Waals surface area (Å²) >= 11 is 0. The van der Waals surface area contributed by atoms with Crippen LogP contribution in [0.1, 0.15) is 13.8 Å². The van der Waals surface area contributed by atoms with Gasteiger partial charge in [0.15, 0.2) is 29.7 Å². The van der Waals surface area contributed by atoms with Crippen molar-refractivity contribution < 1.29 is 69.0 Å². The van der Waals surface area contributed by atoms with E-state index >= 15 is 0 Å². The zero-order chi connectivity index (χ0) is 31.3. The van der Waals surface area contributed by atoms with Crippen molar-refractivity contribution in [3.05, 3.63) is 40.6 Å². The third-order valence-corrected chi connectivity index (χ3v) is 7.48. The highest BCUT2D eigenvalue weighted by molar-refractivity contribution is 5.88. The number of hydrogen-bond donors (Lipinski definition) is 8. The van der Waals surface area contributed by atoms with Crippen LogP contribution in [0.5, 0.6) is 28.7 Å². The Bertz CT molecular complexity index is 1540. The van der Waals surface area contributed by atoms with Gasteiger partial charge in [-0.15, -0.1) is 0 Å². The van der Waals surface area contributed by atoms with Crippen molar-refractivity contribution in [2.24, 2.45) is 0 Å². The number of rotatable bonds is 6. The highest BCUT2D eigenvalue weighted by Crippen LogP contribution is 2.40. The first kappa shape index (κ1) is 30.8. The van der Waals surface area contributed by atoms with Gasteiger partial charge in [-0.2, -0.15) is 0 Å². The van der Waals surface area contributed by atoms with Gasteiger partial charge in [-0.25, -0.2) is 0 Å². The van der Waals surface area contributed by atoms with E-state index in [4.69, 9.17) is 28.1 Å². The molecule has 15 nitrogen and oxygen atoms in total. The number of aliphatic hydroxyl groups is 5. The minimum atomic E-state index is -1.79. The van der Waals surface area contributed by atoms with Gasteiger partial charge >= 0.3 is 0 Å². The molecule has 2 fully saturated rings. The summed E-state index contributed by atoms with van der Waals surface area (Å²) in [5.74, 6) is -2.09. The topological polar surface area (TPSA) is 238 Å². The Morgan fingerprint density at radius 2 is 1.42 bits per heavy atom. The van der Waals surface area contributed by atoms with Crippen LogP contribution in [0.15, 0.2) is 39.5 Å². The summed E-state index contributed by atoms with van der Waals surface area (Å²) in [6.07, 6.45) is -15.2. The van der Waals surface area contributed by atoms with E-state index in [0.29, 0.717) is 0 Å². The summed E-state index contributed by atoms with van der Waals surface area (Å²) < 4.78 is 34.0. The standard InChI is InChI=1S/C28H32O15/c1-9-18(32)21(35)23(37)27(39-9)43-26-22(36)19(33)10(2)40-28(26)42-25-20(34)17-14(31)7-12(29)8-16(17)41-24(25)11-4-5-13(30)15(6-11)38-3/h4-10,18-19,21-23,26-33,35-37H,1-3H3/t9-,10-,18-,19-,21+,22+,23+,26+,27-,28-/m0/s1. The summed E-state index contributed by atoms with van der Waals surface area (Å²) in [5.41, 5.74) is -1.01. The smallest absolute Gasteiger partial charge is 0.239 e. The Morgan fingerprint density at radius 3 is 2.09 bits per heavy atom. The first-order chi connectivity index (χ1) is 20.3. The van der Waals surface area contributed by atoms with Crippen molar-refractivity contribution in [2.75, 3.05) is 7.11 Å². The molecular weight excluding hydrogens is 576 g/mol. The molecule has 234 valence electrons. The van der Waals surface area contributed by atoms with Crippen LogP contribution in [0.3, 0.4) is 0 Å². The van der Waals surface area contributed by atoms with Gasteiger partial charge in [0.1, 0.15) is 53.0 Å². The van der Waals surface area contributed by atoms with Gasteiger partial charge in [0.25, 0.3) is 0 Å². The number of aliphatic hydroxyl groups excluding tert-OH is 5. The van der Waals surface area contributed by atoms with Crippen molar-refractivity contribution in [3.63, 3.8) is 0 Å². The van der Waals surface area contributed by atoms with Crippen molar-refractivity contribution in [2.45, 2.75) is 75.3 Å². The molecule has 43 heavy (non-hydrogen) atoms. The SMILES string of the molecule is COc1cc(-c2oc3cc(O)cc(O)c3c(=O)c2O[C@@H]2O[C@@H](C)[C@H](O)[C@@H](O)[C@H]2O[C@@H]2O[C@@H](C)[C@H](O)[C@@H](O)[C@H]2O)ccc1O. The highest BCUT2D eigenvalue weighted by atomic mass is 16.8. The lowest BCUT2D eigenvalue weighted by molar-refractivity contribution is -0.352. The Hall–Kier alpha value is -3.67. The maximum atomic E-state index is 13.8. The number of phenols is 3. The molecule has 0 radical (unpaired) electrons. The number of phenolic OH excluding ortho intramolecular Hbond substituents is 3. The van der Waals surface area contributed by atoms with Crippen LogP contribution in [0.2, 0.25) is 0 Å². The largest absolute Gasteiger partial charge is 0.508 e. The van der Waals surface area contributed by atoms with E-state index in [1.54, 1.807) is 0 Å². The summed E-state index contributed by atoms with van der Waals surface area (Å²) in [7, 11) is 1.30. The zero-order valence-corrected chi connectivity index (χ0v) is 23.1. The van der Waals surface area contributed by atoms with E-state index in [1.165, 1.54) is 39.2 Å². The molecule has 0 bridgehead atoms. The first-order valence-corrected chi connectivity index (χ1v) is 13.3. The molecule has 0 unspecified atom stereocenters. The normalized spacial score (nSPS) is 32.9. The third-order valence-electron chi connectivity index (χ3n) is 7.48. The maximum absolute atomic E-state index is 13.8. The van der Waals surface area contributed by atoms with E-state index in [2.05, 4.69) is 0 Å². The molecule has 0 aliphatic carbocycles. The first-order valence-electron chi connectivity index (χ1n) is 13.3. The lowest BCUT2D eigenvalue weighted by atomic mass is 9.98. The Balaban J connectivity index is 1.62. The van der Waals surface area contributed by atoms with E-state index in [-0.39, 0.29) is 33.8 Å². The molecule has 1 aromatic heterocycles. The Kier molecular flexibility index (Phi) is 8.43. The maximum Gasteiger partial charge on any atom is 0.239 e. The molecule has 2 saturated heterocycles. The summed E-state index contributed by atoms with van der Waals surface area (Å²) in [6, 6.07) is 5.96. The fourth-order valence-corrected chi connectivity index (χ4v) is 5.02. The second-order valence-electron chi connectivity index (χ2n) is 10.4. The second-order valence-corrected chi connectivity index (χ2v) is 10.4. The summed E-state index contributed by atoms with van der Waals surface area (Å²) in [5, 5.41) is 82.4. The van der Waals surface area contributed by atoms with Crippen LogP contribution < -0.4 is 14.9 Å². The molecule has 3 aromatic rings.